The first-order valence-corrected chi connectivity index (χ1v) is 10.7. The van der Waals surface area contributed by atoms with Gasteiger partial charge in [-0.15, -0.1) is 11.3 Å². The van der Waals surface area contributed by atoms with Crippen molar-refractivity contribution in [3.63, 3.8) is 0 Å². The van der Waals surface area contributed by atoms with E-state index in [1.54, 1.807) is 4.90 Å². The molecule has 5 nitrogen and oxygen atoms in total. The molecule has 30 heavy (non-hydrogen) atoms. The van der Waals surface area contributed by atoms with Crippen LogP contribution in [0.5, 0.6) is 5.75 Å². The highest BCUT2D eigenvalue weighted by molar-refractivity contribution is 7.12. The maximum absolute atomic E-state index is 12.9. The van der Waals surface area contributed by atoms with E-state index in [1.165, 1.54) is 16.7 Å². The fraction of sp³-hybridized carbons (Fsp3) is 0.250. The molecule has 0 aliphatic carbocycles. The summed E-state index contributed by atoms with van der Waals surface area (Å²) >= 11 is 1.46. The molecular formula is C24H25N3O2S. The molecule has 0 atom stereocenters. The van der Waals surface area contributed by atoms with Gasteiger partial charge in [0.05, 0.1) is 10.6 Å². The molecule has 0 N–H and O–H groups in total. The number of benzene rings is 2. The third kappa shape index (κ3) is 4.09. The molecule has 4 aromatic rings. The first-order valence-electron chi connectivity index (χ1n) is 9.86. The quantitative estimate of drug-likeness (QED) is 0.437. The molecule has 0 spiro atoms. The Bertz CT molecular complexity index is 1210. The molecule has 6 heteroatoms. The molecule has 0 aliphatic rings. The van der Waals surface area contributed by atoms with Crippen LogP contribution in [0.15, 0.2) is 53.9 Å². The number of rotatable bonds is 6. The molecule has 2 aromatic heterocycles. The van der Waals surface area contributed by atoms with Crippen LogP contribution in [-0.2, 0) is 20.2 Å². The number of aryl methyl sites for hydroxylation is 2. The van der Waals surface area contributed by atoms with Crippen molar-refractivity contribution in [1.82, 2.24) is 14.7 Å². The average molecular weight is 420 g/mol. The van der Waals surface area contributed by atoms with Crippen LogP contribution in [0.1, 0.15) is 32.2 Å². The Balaban J connectivity index is 1.40. The fourth-order valence-electron chi connectivity index (χ4n) is 3.53. The molecule has 0 bridgehead atoms. The summed E-state index contributed by atoms with van der Waals surface area (Å²) in [4.78, 5) is 15.3. The average Bonchev–Trinajstić information content (AvgIpc) is 3.31. The van der Waals surface area contributed by atoms with E-state index in [4.69, 9.17) is 4.74 Å². The summed E-state index contributed by atoms with van der Waals surface area (Å²) in [6.07, 6.45) is 0. The Kier molecular flexibility index (Phi) is 5.59. The SMILES string of the molecule is Cc1nn(C)c(C)c1CN(C)C(=O)c1cc(COc2ccc3ccccc3c2)cs1. The molecule has 0 fully saturated rings. The molecule has 154 valence electrons. The van der Waals surface area contributed by atoms with E-state index in [9.17, 15) is 4.79 Å². The predicted octanol–water partition coefficient (Wildman–Crippen LogP) is 5.10. The van der Waals surface area contributed by atoms with Crippen molar-refractivity contribution in [2.45, 2.75) is 27.0 Å². The molecule has 0 unspecified atom stereocenters. The van der Waals surface area contributed by atoms with Gasteiger partial charge in [-0.25, -0.2) is 0 Å². The zero-order chi connectivity index (χ0) is 21.3. The van der Waals surface area contributed by atoms with Crippen LogP contribution < -0.4 is 4.74 Å². The third-order valence-corrected chi connectivity index (χ3v) is 6.36. The van der Waals surface area contributed by atoms with Gasteiger partial charge in [-0.2, -0.15) is 5.10 Å². The zero-order valence-corrected chi connectivity index (χ0v) is 18.5. The van der Waals surface area contributed by atoms with Gasteiger partial charge < -0.3 is 9.64 Å². The van der Waals surface area contributed by atoms with Gasteiger partial charge in [-0.3, -0.25) is 9.48 Å². The van der Waals surface area contributed by atoms with E-state index >= 15 is 0 Å². The largest absolute Gasteiger partial charge is 0.489 e. The summed E-state index contributed by atoms with van der Waals surface area (Å²) in [5, 5.41) is 8.77. The second kappa shape index (κ2) is 8.32. The van der Waals surface area contributed by atoms with Gasteiger partial charge in [0.1, 0.15) is 12.4 Å². The number of amides is 1. The van der Waals surface area contributed by atoms with Gasteiger partial charge in [0.2, 0.25) is 0 Å². The third-order valence-electron chi connectivity index (χ3n) is 5.39. The monoisotopic (exact) mass is 419 g/mol. The number of thiophene rings is 1. The summed E-state index contributed by atoms with van der Waals surface area (Å²) in [5.41, 5.74) is 4.15. The Morgan fingerprint density at radius 1 is 1.13 bits per heavy atom. The second-order valence-corrected chi connectivity index (χ2v) is 8.46. The minimum atomic E-state index is 0.0135. The lowest BCUT2D eigenvalue weighted by molar-refractivity contribution is 0.0789. The van der Waals surface area contributed by atoms with E-state index in [0.29, 0.717) is 18.0 Å². The molecule has 0 saturated carbocycles. The first-order chi connectivity index (χ1) is 14.4. The van der Waals surface area contributed by atoms with Crippen molar-refractivity contribution < 1.29 is 9.53 Å². The smallest absolute Gasteiger partial charge is 0.263 e. The Labute approximate surface area is 180 Å². The number of hydrogen-bond donors (Lipinski definition) is 0. The number of hydrogen-bond acceptors (Lipinski definition) is 4. The molecule has 0 radical (unpaired) electrons. The summed E-state index contributed by atoms with van der Waals surface area (Å²) in [6.45, 7) is 4.99. The van der Waals surface area contributed by atoms with Crippen molar-refractivity contribution in [3.8, 4) is 5.75 Å². The van der Waals surface area contributed by atoms with Crippen LogP contribution in [-0.4, -0.2) is 27.6 Å². The van der Waals surface area contributed by atoms with Crippen molar-refractivity contribution in [2.24, 2.45) is 7.05 Å². The molecular weight excluding hydrogens is 394 g/mol. The van der Waals surface area contributed by atoms with Crippen LogP contribution in [0, 0.1) is 13.8 Å². The van der Waals surface area contributed by atoms with E-state index in [0.717, 1.165) is 33.7 Å². The predicted molar refractivity (Wildman–Crippen MR) is 121 cm³/mol. The van der Waals surface area contributed by atoms with Crippen LogP contribution in [0.3, 0.4) is 0 Å². The van der Waals surface area contributed by atoms with Gasteiger partial charge in [-0.1, -0.05) is 30.3 Å². The van der Waals surface area contributed by atoms with E-state index in [-0.39, 0.29) is 5.91 Å². The number of aromatic nitrogens is 2. The van der Waals surface area contributed by atoms with Gasteiger partial charge >= 0.3 is 0 Å². The van der Waals surface area contributed by atoms with E-state index < -0.39 is 0 Å². The number of nitrogens with zero attached hydrogens (tertiary/aromatic N) is 3. The van der Waals surface area contributed by atoms with Gasteiger partial charge in [-0.05, 0) is 48.2 Å². The standard InChI is InChI=1S/C24H25N3O2S/c1-16-22(17(2)27(4)25-16)13-26(3)24(28)23-11-18(15-30-23)14-29-21-10-9-19-7-5-6-8-20(19)12-21/h5-12,15H,13-14H2,1-4H3. The maximum Gasteiger partial charge on any atom is 0.263 e. The fourth-order valence-corrected chi connectivity index (χ4v) is 4.42. The maximum atomic E-state index is 12.9. The molecule has 0 saturated heterocycles. The Morgan fingerprint density at radius 2 is 1.90 bits per heavy atom. The van der Waals surface area contributed by atoms with Crippen LogP contribution in [0.25, 0.3) is 10.8 Å². The number of ether oxygens (including phenoxy) is 1. The highest BCUT2D eigenvalue weighted by Crippen LogP contribution is 2.23. The molecule has 1 amide bonds. The molecule has 2 heterocycles. The first kappa shape index (κ1) is 20.2. The normalized spacial score (nSPS) is 11.1. The lowest BCUT2D eigenvalue weighted by Gasteiger charge is -2.16. The molecule has 0 aliphatic heterocycles. The number of carbonyl (C=O) groups excluding carboxylic acids is 1. The van der Waals surface area contributed by atoms with Crippen molar-refractivity contribution in [1.29, 1.82) is 0 Å². The summed E-state index contributed by atoms with van der Waals surface area (Å²) in [5.74, 6) is 0.840. The second-order valence-electron chi connectivity index (χ2n) is 7.55. The highest BCUT2D eigenvalue weighted by atomic mass is 32.1. The van der Waals surface area contributed by atoms with Crippen molar-refractivity contribution in [3.05, 3.63) is 81.3 Å². The molecule has 2 aromatic carbocycles. The number of fused-ring (bicyclic) bond motifs is 1. The summed E-state index contributed by atoms with van der Waals surface area (Å²) in [6, 6.07) is 16.2. The molecule has 4 rings (SSSR count). The van der Waals surface area contributed by atoms with Crippen molar-refractivity contribution >= 4 is 28.0 Å². The van der Waals surface area contributed by atoms with Gasteiger partial charge in [0, 0.05) is 37.5 Å². The minimum Gasteiger partial charge on any atom is -0.489 e. The van der Waals surface area contributed by atoms with Gasteiger partial charge in [0.15, 0.2) is 0 Å². The summed E-state index contributed by atoms with van der Waals surface area (Å²) < 4.78 is 7.81. The van der Waals surface area contributed by atoms with E-state index in [1.807, 2.05) is 68.3 Å². The van der Waals surface area contributed by atoms with Crippen LogP contribution >= 0.6 is 11.3 Å². The zero-order valence-electron chi connectivity index (χ0n) is 17.7. The topological polar surface area (TPSA) is 47.4 Å². The van der Waals surface area contributed by atoms with E-state index in [2.05, 4.69) is 23.3 Å². The minimum absolute atomic E-state index is 0.0135. The van der Waals surface area contributed by atoms with Crippen LogP contribution in [0.4, 0.5) is 0 Å². The lowest BCUT2D eigenvalue weighted by atomic mass is 10.1. The van der Waals surface area contributed by atoms with Gasteiger partial charge in [0.25, 0.3) is 5.91 Å². The van der Waals surface area contributed by atoms with Crippen molar-refractivity contribution in [2.75, 3.05) is 7.05 Å². The summed E-state index contributed by atoms with van der Waals surface area (Å²) in [7, 11) is 3.76. The number of carbonyl (C=O) groups is 1. The lowest BCUT2D eigenvalue weighted by Crippen LogP contribution is -2.26. The highest BCUT2D eigenvalue weighted by Gasteiger charge is 2.18. The Morgan fingerprint density at radius 3 is 2.63 bits per heavy atom. The van der Waals surface area contributed by atoms with Crippen LogP contribution in [0.2, 0.25) is 0 Å². The Hall–Kier alpha value is -3.12.